The second-order valence-electron chi connectivity index (χ2n) is 7.76. The maximum Gasteiger partial charge on any atom is 0.306 e. The first-order valence-electron chi connectivity index (χ1n) is 10.5. The van der Waals surface area contributed by atoms with Crippen LogP contribution in [0.15, 0.2) is 46.1 Å². The maximum absolute atomic E-state index is 10.6. The number of hydrogen-bond acceptors (Lipinski definition) is 8. The molecule has 9 nitrogen and oxygen atoms in total. The molecule has 4 rings (SSSR count). The normalized spacial score (nSPS) is 13.7. The monoisotopic (exact) mass is 446 g/mol. The zero-order valence-corrected chi connectivity index (χ0v) is 18.2. The molecule has 9 heteroatoms. The molecule has 2 aromatic carbocycles. The number of aliphatic carboxylic acids is 1. The van der Waals surface area contributed by atoms with E-state index in [1.54, 1.807) is 18.2 Å². The topological polar surface area (TPSA) is 131 Å². The van der Waals surface area contributed by atoms with Crippen molar-refractivity contribution in [2.45, 2.75) is 39.2 Å². The van der Waals surface area contributed by atoms with Crippen LogP contribution in [0.3, 0.4) is 0 Å². The van der Waals surface area contributed by atoms with Crippen LogP contribution >= 0.6 is 0 Å². The highest BCUT2D eigenvalue weighted by atomic mass is 16.6. The highest BCUT2D eigenvalue weighted by Crippen LogP contribution is 2.33. The Bertz CT molecular complexity index is 1260. The third kappa shape index (κ3) is 4.85. The standard InChI is InChI=1S/C24H22N4O5/c1-14(2)32-21-9-6-15(12-16(21)13-25)24-26-23(28-33-24)19-5-3-4-18-17(19)7-8-20(18)27-31-11-10-22(29)30/h3-6,9,12,14H,7-8,10-11H2,1-2H3,(H,29,30)/b27-20-. The lowest BCUT2D eigenvalue weighted by Gasteiger charge is -2.11. The van der Waals surface area contributed by atoms with E-state index in [1.165, 1.54) is 0 Å². The Morgan fingerprint density at radius 2 is 2.09 bits per heavy atom. The fraction of sp³-hybridized carbons (Fsp3) is 0.292. The predicted octanol–water partition coefficient (Wildman–Crippen LogP) is 4.20. The summed E-state index contributed by atoms with van der Waals surface area (Å²) in [7, 11) is 0. The van der Waals surface area contributed by atoms with Crippen molar-refractivity contribution in [3.05, 3.63) is 53.1 Å². The molecular weight excluding hydrogens is 424 g/mol. The summed E-state index contributed by atoms with van der Waals surface area (Å²) in [5.41, 5.74) is 4.58. The highest BCUT2D eigenvalue weighted by Gasteiger charge is 2.24. The summed E-state index contributed by atoms with van der Waals surface area (Å²) in [5.74, 6) is 0.324. The van der Waals surface area contributed by atoms with Gasteiger partial charge in [-0.25, -0.2) is 0 Å². The summed E-state index contributed by atoms with van der Waals surface area (Å²) in [6.07, 6.45) is 1.26. The van der Waals surface area contributed by atoms with Crippen molar-refractivity contribution in [3.63, 3.8) is 0 Å². The Morgan fingerprint density at radius 3 is 2.85 bits per heavy atom. The van der Waals surface area contributed by atoms with Crippen molar-refractivity contribution < 1.29 is 24.0 Å². The predicted molar refractivity (Wildman–Crippen MR) is 119 cm³/mol. The van der Waals surface area contributed by atoms with Crippen LogP contribution in [0, 0.1) is 11.3 Å². The molecule has 1 aromatic heterocycles. The average molecular weight is 446 g/mol. The van der Waals surface area contributed by atoms with Crippen molar-refractivity contribution in [1.29, 1.82) is 5.26 Å². The summed E-state index contributed by atoms with van der Waals surface area (Å²) >= 11 is 0. The Balaban J connectivity index is 1.59. The van der Waals surface area contributed by atoms with E-state index in [2.05, 4.69) is 21.4 Å². The van der Waals surface area contributed by atoms with Crippen LogP contribution in [-0.2, 0) is 16.1 Å². The van der Waals surface area contributed by atoms with E-state index in [0.29, 0.717) is 35.0 Å². The van der Waals surface area contributed by atoms with E-state index < -0.39 is 5.97 Å². The van der Waals surface area contributed by atoms with Crippen molar-refractivity contribution in [2.24, 2.45) is 5.16 Å². The molecule has 168 valence electrons. The summed E-state index contributed by atoms with van der Waals surface area (Å²) in [6, 6.07) is 13.1. The number of rotatable bonds is 8. The van der Waals surface area contributed by atoms with Gasteiger partial charge in [-0.15, -0.1) is 0 Å². The summed E-state index contributed by atoms with van der Waals surface area (Å²) in [4.78, 5) is 20.3. The van der Waals surface area contributed by atoms with Crippen LogP contribution in [0.5, 0.6) is 5.75 Å². The lowest BCUT2D eigenvalue weighted by Crippen LogP contribution is -2.06. The smallest absolute Gasteiger partial charge is 0.306 e. The third-order valence-corrected chi connectivity index (χ3v) is 5.06. The van der Waals surface area contributed by atoms with Crippen LogP contribution < -0.4 is 4.74 Å². The number of oxime groups is 1. The van der Waals surface area contributed by atoms with Gasteiger partial charge < -0.3 is 19.2 Å². The van der Waals surface area contributed by atoms with Crippen LogP contribution in [0.4, 0.5) is 0 Å². The third-order valence-electron chi connectivity index (χ3n) is 5.06. The lowest BCUT2D eigenvalue weighted by molar-refractivity contribution is -0.138. The SMILES string of the molecule is CC(C)Oc1ccc(-c2nc(-c3cccc4c3CC/C4=N/OCCC(=O)O)no2)cc1C#N. The quantitative estimate of drug-likeness (QED) is 0.402. The van der Waals surface area contributed by atoms with Crippen molar-refractivity contribution >= 4 is 11.7 Å². The number of benzene rings is 2. The van der Waals surface area contributed by atoms with Gasteiger partial charge in [-0.1, -0.05) is 28.5 Å². The lowest BCUT2D eigenvalue weighted by atomic mass is 10.0. The zero-order valence-electron chi connectivity index (χ0n) is 18.2. The summed E-state index contributed by atoms with van der Waals surface area (Å²) in [5, 5.41) is 26.5. The fourth-order valence-corrected chi connectivity index (χ4v) is 3.62. The minimum atomic E-state index is -0.929. The molecule has 0 radical (unpaired) electrons. The number of fused-ring (bicyclic) bond motifs is 1. The largest absolute Gasteiger partial charge is 0.490 e. The molecule has 1 aliphatic carbocycles. The van der Waals surface area contributed by atoms with Crippen molar-refractivity contribution in [1.82, 2.24) is 10.1 Å². The number of nitrogens with zero attached hydrogens (tertiary/aromatic N) is 4. The van der Waals surface area contributed by atoms with Gasteiger partial charge in [0, 0.05) is 16.7 Å². The second-order valence-corrected chi connectivity index (χ2v) is 7.76. The van der Waals surface area contributed by atoms with Gasteiger partial charge >= 0.3 is 5.97 Å². The first-order chi connectivity index (χ1) is 16.0. The first kappa shape index (κ1) is 22.0. The van der Waals surface area contributed by atoms with E-state index in [1.807, 2.05) is 32.0 Å². The Labute approximate surface area is 190 Å². The van der Waals surface area contributed by atoms with Crippen LogP contribution in [0.2, 0.25) is 0 Å². The number of nitriles is 1. The number of carboxylic acid groups (broad SMARTS) is 1. The van der Waals surface area contributed by atoms with E-state index in [4.69, 9.17) is 19.2 Å². The van der Waals surface area contributed by atoms with Gasteiger partial charge in [-0.05, 0) is 50.5 Å². The molecule has 0 saturated carbocycles. The number of aromatic nitrogens is 2. The maximum atomic E-state index is 10.6. The van der Waals surface area contributed by atoms with Gasteiger partial charge in [0.25, 0.3) is 5.89 Å². The summed E-state index contributed by atoms with van der Waals surface area (Å²) in [6.45, 7) is 3.82. The molecule has 0 unspecified atom stereocenters. The molecule has 0 saturated heterocycles. The molecule has 1 heterocycles. The van der Waals surface area contributed by atoms with Crippen LogP contribution in [-0.4, -0.2) is 39.6 Å². The zero-order chi connectivity index (χ0) is 23.4. The van der Waals surface area contributed by atoms with Gasteiger partial charge in [-0.2, -0.15) is 10.2 Å². The second kappa shape index (κ2) is 9.53. The van der Waals surface area contributed by atoms with Gasteiger partial charge in [0.1, 0.15) is 18.4 Å². The molecule has 0 aliphatic heterocycles. The van der Waals surface area contributed by atoms with E-state index in [9.17, 15) is 10.1 Å². The fourth-order valence-electron chi connectivity index (χ4n) is 3.62. The molecule has 0 spiro atoms. The molecule has 1 aliphatic rings. The van der Waals surface area contributed by atoms with E-state index in [0.717, 1.165) is 28.8 Å². The average Bonchev–Trinajstić information content (AvgIpc) is 3.44. The Hall–Kier alpha value is -4.19. The number of hydrogen-bond donors (Lipinski definition) is 1. The number of carbonyl (C=O) groups is 1. The Morgan fingerprint density at radius 1 is 1.27 bits per heavy atom. The first-order valence-corrected chi connectivity index (χ1v) is 10.5. The van der Waals surface area contributed by atoms with Crippen molar-refractivity contribution in [2.75, 3.05) is 6.61 Å². The molecule has 0 bridgehead atoms. The van der Waals surface area contributed by atoms with Gasteiger partial charge in [0.2, 0.25) is 5.82 Å². The number of carboxylic acids is 1. The molecule has 0 atom stereocenters. The minimum absolute atomic E-state index is 0.0216. The number of ether oxygens (including phenoxy) is 1. The molecule has 1 N–H and O–H groups in total. The van der Waals surface area contributed by atoms with Gasteiger partial charge in [0.15, 0.2) is 0 Å². The van der Waals surface area contributed by atoms with E-state index >= 15 is 0 Å². The minimum Gasteiger partial charge on any atom is -0.490 e. The highest BCUT2D eigenvalue weighted by molar-refractivity contribution is 6.05. The molecule has 0 amide bonds. The molecule has 3 aromatic rings. The van der Waals surface area contributed by atoms with Crippen molar-refractivity contribution in [3.8, 4) is 34.7 Å². The molecule has 33 heavy (non-hydrogen) atoms. The van der Waals surface area contributed by atoms with Gasteiger partial charge in [-0.3, -0.25) is 4.79 Å². The van der Waals surface area contributed by atoms with Crippen LogP contribution in [0.25, 0.3) is 22.8 Å². The van der Waals surface area contributed by atoms with Gasteiger partial charge in [0.05, 0.1) is 23.8 Å². The molecular formula is C24H22N4O5. The van der Waals surface area contributed by atoms with E-state index in [-0.39, 0.29) is 19.1 Å². The summed E-state index contributed by atoms with van der Waals surface area (Å²) < 4.78 is 11.2. The molecule has 0 fully saturated rings. The van der Waals surface area contributed by atoms with Crippen LogP contribution in [0.1, 0.15) is 43.4 Å². The Kier molecular flexibility index (Phi) is 6.36.